The summed E-state index contributed by atoms with van der Waals surface area (Å²) < 4.78 is 33.9. The molecular formula is C29H43N9O4S. The van der Waals surface area contributed by atoms with Crippen LogP contribution >= 0.6 is 0 Å². The zero-order valence-electron chi connectivity index (χ0n) is 25.6. The second kappa shape index (κ2) is 13.5. The van der Waals surface area contributed by atoms with E-state index in [1.165, 1.54) is 6.26 Å². The van der Waals surface area contributed by atoms with E-state index in [4.69, 9.17) is 4.74 Å². The Balaban J connectivity index is 1.17. The highest BCUT2D eigenvalue weighted by atomic mass is 32.2. The molecule has 2 aliphatic rings. The normalized spacial score (nSPS) is 19.9. The number of piperazine rings is 1. The molecule has 2 fully saturated rings. The first-order chi connectivity index (χ1) is 20.6. The number of pyridine rings is 1. The van der Waals surface area contributed by atoms with Gasteiger partial charge in [-0.05, 0) is 52.8 Å². The first-order valence-corrected chi connectivity index (χ1v) is 16.9. The number of carbonyl (C=O) groups is 1. The van der Waals surface area contributed by atoms with Gasteiger partial charge in [-0.1, -0.05) is 6.07 Å². The molecular weight excluding hydrogens is 570 g/mol. The van der Waals surface area contributed by atoms with Crippen LogP contribution in [0.3, 0.4) is 0 Å². The molecule has 14 heteroatoms. The minimum atomic E-state index is -3.30. The Morgan fingerprint density at radius 1 is 1.05 bits per heavy atom. The van der Waals surface area contributed by atoms with Gasteiger partial charge in [0.1, 0.15) is 12.1 Å². The van der Waals surface area contributed by atoms with Crippen LogP contribution in [0.2, 0.25) is 0 Å². The number of anilines is 1. The number of hydrogen-bond donors (Lipinski definition) is 0. The van der Waals surface area contributed by atoms with Crippen LogP contribution in [0.5, 0.6) is 5.88 Å². The average molecular weight is 614 g/mol. The fourth-order valence-corrected chi connectivity index (χ4v) is 7.27. The van der Waals surface area contributed by atoms with E-state index >= 15 is 0 Å². The third kappa shape index (κ3) is 7.42. The van der Waals surface area contributed by atoms with E-state index in [-0.39, 0.29) is 17.9 Å². The van der Waals surface area contributed by atoms with Crippen LogP contribution in [-0.4, -0.2) is 125 Å². The van der Waals surface area contributed by atoms with E-state index in [9.17, 15) is 13.2 Å². The maximum atomic E-state index is 13.5. The number of carbonyl (C=O) groups excluding carboxylic acids is 1. The Morgan fingerprint density at radius 3 is 2.47 bits per heavy atom. The first kappa shape index (κ1) is 31.1. The number of hydrogen-bond acceptors (Lipinski definition) is 10. The van der Waals surface area contributed by atoms with Crippen LogP contribution in [-0.2, 0) is 21.4 Å². The zero-order chi connectivity index (χ0) is 30.6. The van der Waals surface area contributed by atoms with Crippen molar-refractivity contribution in [3.05, 3.63) is 36.4 Å². The van der Waals surface area contributed by atoms with Gasteiger partial charge in [0.2, 0.25) is 21.8 Å². The maximum absolute atomic E-state index is 13.5. The van der Waals surface area contributed by atoms with Crippen LogP contribution < -0.4 is 9.64 Å². The molecule has 3 aromatic heterocycles. The molecule has 0 bridgehead atoms. The second-order valence-electron chi connectivity index (χ2n) is 11.6. The highest BCUT2D eigenvalue weighted by Gasteiger charge is 2.35. The molecule has 5 rings (SSSR count). The Kier molecular flexibility index (Phi) is 9.77. The molecule has 4 heterocycles. The molecule has 1 aliphatic heterocycles. The molecule has 1 amide bonds. The number of amides is 1. The van der Waals surface area contributed by atoms with Gasteiger partial charge in [0.15, 0.2) is 5.65 Å². The van der Waals surface area contributed by atoms with Gasteiger partial charge >= 0.3 is 0 Å². The van der Waals surface area contributed by atoms with Gasteiger partial charge in [-0.2, -0.15) is 9.40 Å². The number of fused-ring (bicyclic) bond motifs is 1. The predicted octanol–water partition coefficient (Wildman–Crippen LogP) is 1.70. The largest absolute Gasteiger partial charge is 0.478 e. The monoisotopic (exact) mass is 613 g/mol. The minimum absolute atomic E-state index is 0.0404. The lowest BCUT2D eigenvalue weighted by Crippen LogP contribution is -2.52. The molecule has 0 atom stereocenters. The van der Waals surface area contributed by atoms with Crippen LogP contribution in [0, 0.1) is 5.92 Å². The Labute approximate surface area is 253 Å². The number of likely N-dealkylation sites (N-methyl/N-ethyl adjacent to an activating group) is 1. The standard InChI is InChI=1S/C29H43N9O4S/c1-5-42-26-8-6-7-23(33-26)20-37-28-25(19-32-37)27(30-21-31-28)35-14-16-36(17-15-35)29(39)22-9-11-24(12-10-22)38(43(4,40)41)18-13-34(2)3/h6-8,19,21-22,24H,5,9-18,20H2,1-4H3. The highest BCUT2D eigenvalue weighted by molar-refractivity contribution is 7.88. The fraction of sp³-hybridized carbons (Fsp3) is 0.621. The third-order valence-corrected chi connectivity index (χ3v) is 9.67. The van der Waals surface area contributed by atoms with Crippen LogP contribution in [0.1, 0.15) is 38.3 Å². The minimum Gasteiger partial charge on any atom is -0.478 e. The number of aromatic nitrogens is 5. The summed E-state index contributed by atoms with van der Waals surface area (Å²) in [7, 11) is 0.582. The van der Waals surface area contributed by atoms with Gasteiger partial charge in [-0.3, -0.25) is 4.79 Å². The molecule has 234 valence electrons. The maximum Gasteiger partial charge on any atom is 0.225 e. The summed E-state index contributed by atoms with van der Waals surface area (Å²) in [6.45, 7) is 6.67. The van der Waals surface area contributed by atoms with Gasteiger partial charge in [0.25, 0.3) is 0 Å². The van der Waals surface area contributed by atoms with E-state index < -0.39 is 10.0 Å². The van der Waals surface area contributed by atoms with E-state index in [1.54, 1.807) is 16.8 Å². The number of ether oxygens (including phenoxy) is 1. The molecule has 1 saturated carbocycles. The first-order valence-electron chi connectivity index (χ1n) is 15.0. The number of nitrogens with zero attached hydrogens (tertiary/aromatic N) is 9. The molecule has 3 aromatic rings. The zero-order valence-corrected chi connectivity index (χ0v) is 26.4. The summed E-state index contributed by atoms with van der Waals surface area (Å²) in [5.74, 6) is 1.53. The van der Waals surface area contributed by atoms with E-state index in [0.717, 1.165) is 22.5 Å². The van der Waals surface area contributed by atoms with Crippen molar-refractivity contribution in [2.45, 2.75) is 45.2 Å². The summed E-state index contributed by atoms with van der Waals surface area (Å²) in [4.78, 5) is 33.2. The Hall–Kier alpha value is -3.36. The molecule has 0 radical (unpaired) electrons. The summed E-state index contributed by atoms with van der Waals surface area (Å²) in [6.07, 6.45) is 7.50. The van der Waals surface area contributed by atoms with Crippen molar-refractivity contribution in [3.8, 4) is 5.88 Å². The number of rotatable bonds is 11. The Morgan fingerprint density at radius 2 is 1.79 bits per heavy atom. The van der Waals surface area contributed by atoms with Gasteiger partial charge in [-0.15, -0.1) is 0 Å². The van der Waals surface area contributed by atoms with Crippen LogP contribution in [0.4, 0.5) is 5.82 Å². The quantitative estimate of drug-likeness (QED) is 0.315. The average Bonchev–Trinajstić information content (AvgIpc) is 3.39. The van der Waals surface area contributed by atoms with Crippen molar-refractivity contribution < 1.29 is 17.9 Å². The highest BCUT2D eigenvalue weighted by Crippen LogP contribution is 2.31. The van der Waals surface area contributed by atoms with E-state index in [2.05, 4.69) is 25.0 Å². The number of sulfonamides is 1. The summed E-state index contributed by atoms with van der Waals surface area (Å²) in [5.41, 5.74) is 1.56. The molecule has 43 heavy (non-hydrogen) atoms. The molecule has 0 unspecified atom stereocenters. The Bertz CT molecular complexity index is 1500. The van der Waals surface area contributed by atoms with Crippen molar-refractivity contribution >= 4 is 32.8 Å². The molecule has 1 saturated heterocycles. The van der Waals surface area contributed by atoms with Crippen molar-refractivity contribution in [3.63, 3.8) is 0 Å². The fourth-order valence-electron chi connectivity index (χ4n) is 6.10. The van der Waals surface area contributed by atoms with E-state index in [0.29, 0.717) is 84.0 Å². The summed E-state index contributed by atoms with van der Waals surface area (Å²) >= 11 is 0. The van der Waals surface area contributed by atoms with Gasteiger partial charge < -0.3 is 19.4 Å². The van der Waals surface area contributed by atoms with E-state index in [1.807, 2.05) is 53.7 Å². The van der Waals surface area contributed by atoms with Crippen molar-refractivity contribution in [1.82, 2.24) is 38.8 Å². The van der Waals surface area contributed by atoms with Crippen LogP contribution in [0.15, 0.2) is 30.7 Å². The predicted molar refractivity (Wildman–Crippen MR) is 164 cm³/mol. The molecule has 0 aromatic carbocycles. The summed E-state index contributed by atoms with van der Waals surface area (Å²) in [5, 5.41) is 5.45. The lowest BCUT2D eigenvalue weighted by molar-refractivity contribution is -0.137. The molecule has 0 N–H and O–H groups in total. The smallest absolute Gasteiger partial charge is 0.225 e. The molecule has 1 aliphatic carbocycles. The third-order valence-electron chi connectivity index (χ3n) is 8.34. The van der Waals surface area contributed by atoms with Crippen molar-refractivity contribution in [1.29, 1.82) is 0 Å². The van der Waals surface area contributed by atoms with Gasteiger partial charge in [0, 0.05) is 57.3 Å². The van der Waals surface area contributed by atoms with Gasteiger partial charge in [0.05, 0.1) is 36.7 Å². The van der Waals surface area contributed by atoms with Gasteiger partial charge in [-0.25, -0.2) is 28.1 Å². The van der Waals surface area contributed by atoms with Crippen molar-refractivity contribution in [2.75, 3.05) is 71.1 Å². The van der Waals surface area contributed by atoms with Crippen LogP contribution in [0.25, 0.3) is 11.0 Å². The lowest BCUT2D eigenvalue weighted by atomic mass is 9.85. The SMILES string of the molecule is CCOc1cccc(Cn2ncc3c(N4CCN(C(=O)C5CCC(N(CCN(C)C)S(C)(=O)=O)CC5)CC4)ncnc32)n1. The topological polar surface area (TPSA) is 130 Å². The summed E-state index contributed by atoms with van der Waals surface area (Å²) in [6, 6.07) is 5.65. The molecule has 0 spiro atoms. The second-order valence-corrected chi connectivity index (χ2v) is 13.6. The lowest BCUT2D eigenvalue weighted by Gasteiger charge is -2.39. The molecule has 13 nitrogen and oxygen atoms in total. The van der Waals surface area contributed by atoms with Crippen molar-refractivity contribution in [2.24, 2.45) is 5.92 Å².